The number of benzene rings is 1. The molecule has 1 aliphatic carbocycles. The van der Waals surface area contributed by atoms with Crippen molar-refractivity contribution >= 4 is 10.0 Å². The first-order valence-corrected chi connectivity index (χ1v) is 7.88. The third kappa shape index (κ3) is 3.40. The van der Waals surface area contributed by atoms with Crippen molar-refractivity contribution in [3.8, 4) is 11.8 Å². The standard InChI is InChI=1S/C14H15F2NO3S/c1-17(12-5-6-12)21(19,20)14-10(4-2-3-7-18)8-11(15)9-13(14)16/h8-9,12,18H,3,5-7H2,1H3. The van der Waals surface area contributed by atoms with E-state index in [1.165, 1.54) is 7.05 Å². The van der Waals surface area contributed by atoms with Gasteiger partial charge < -0.3 is 5.11 Å². The highest BCUT2D eigenvalue weighted by Crippen LogP contribution is 2.32. The molecule has 4 nitrogen and oxygen atoms in total. The van der Waals surface area contributed by atoms with E-state index in [1.807, 2.05) is 0 Å². The molecule has 1 saturated carbocycles. The van der Waals surface area contributed by atoms with Gasteiger partial charge in [0, 0.05) is 25.6 Å². The molecule has 0 aromatic heterocycles. The van der Waals surface area contributed by atoms with Gasteiger partial charge in [-0.2, -0.15) is 4.31 Å². The summed E-state index contributed by atoms with van der Waals surface area (Å²) < 4.78 is 53.3. The van der Waals surface area contributed by atoms with Crippen molar-refractivity contribution in [2.75, 3.05) is 13.7 Å². The molecule has 21 heavy (non-hydrogen) atoms. The molecule has 0 heterocycles. The van der Waals surface area contributed by atoms with Gasteiger partial charge in [-0.05, 0) is 18.9 Å². The second kappa shape index (κ2) is 6.10. The zero-order valence-corrected chi connectivity index (χ0v) is 12.3. The van der Waals surface area contributed by atoms with Gasteiger partial charge >= 0.3 is 0 Å². The Labute approximate surface area is 122 Å². The fourth-order valence-electron chi connectivity index (χ4n) is 1.91. The quantitative estimate of drug-likeness (QED) is 0.856. The number of halogens is 2. The first-order chi connectivity index (χ1) is 9.87. The molecular formula is C14H15F2NO3S. The Bertz CT molecular complexity index is 703. The second-order valence-electron chi connectivity index (χ2n) is 4.79. The van der Waals surface area contributed by atoms with Crippen LogP contribution >= 0.6 is 0 Å². The van der Waals surface area contributed by atoms with E-state index in [2.05, 4.69) is 11.8 Å². The van der Waals surface area contributed by atoms with Crippen LogP contribution in [0.3, 0.4) is 0 Å². The molecule has 1 N–H and O–H groups in total. The maximum absolute atomic E-state index is 14.0. The largest absolute Gasteiger partial charge is 0.395 e. The molecule has 1 aromatic rings. The summed E-state index contributed by atoms with van der Waals surface area (Å²) in [5.74, 6) is 2.85. The SMILES string of the molecule is CN(C1CC1)S(=O)(=O)c1c(F)cc(F)cc1C#CCCO. The molecular weight excluding hydrogens is 300 g/mol. The molecule has 0 radical (unpaired) electrons. The van der Waals surface area contributed by atoms with E-state index in [-0.39, 0.29) is 24.6 Å². The number of sulfonamides is 1. The fraction of sp³-hybridized carbons (Fsp3) is 0.429. The van der Waals surface area contributed by atoms with Gasteiger partial charge in [0.1, 0.15) is 16.5 Å². The first kappa shape index (κ1) is 15.9. The topological polar surface area (TPSA) is 57.6 Å². The summed E-state index contributed by atoms with van der Waals surface area (Å²) in [7, 11) is -2.69. The minimum atomic E-state index is -4.06. The molecule has 114 valence electrons. The predicted octanol–water partition coefficient (Wildman–Crippen LogP) is 1.48. The highest BCUT2D eigenvalue weighted by atomic mass is 32.2. The van der Waals surface area contributed by atoms with Crippen LogP contribution in [0.15, 0.2) is 17.0 Å². The summed E-state index contributed by atoms with van der Waals surface area (Å²) >= 11 is 0. The number of aliphatic hydroxyl groups is 1. The van der Waals surface area contributed by atoms with Crippen molar-refractivity contribution in [3.63, 3.8) is 0 Å². The Morgan fingerprint density at radius 3 is 2.62 bits per heavy atom. The Morgan fingerprint density at radius 2 is 2.05 bits per heavy atom. The predicted molar refractivity (Wildman–Crippen MR) is 72.9 cm³/mol. The molecule has 1 aromatic carbocycles. The number of aliphatic hydroxyl groups excluding tert-OH is 1. The molecule has 0 aliphatic heterocycles. The van der Waals surface area contributed by atoms with Gasteiger partial charge in [0.05, 0.1) is 12.2 Å². The maximum atomic E-state index is 14.0. The van der Waals surface area contributed by atoms with Crippen molar-refractivity contribution in [1.29, 1.82) is 0 Å². The Hall–Kier alpha value is -1.49. The lowest BCUT2D eigenvalue weighted by atomic mass is 10.2. The summed E-state index contributed by atoms with van der Waals surface area (Å²) in [6, 6.07) is 1.28. The first-order valence-electron chi connectivity index (χ1n) is 6.44. The zero-order valence-electron chi connectivity index (χ0n) is 11.4. The minimum absolute atomic E-state index is 0.0933. The Kier molecular flexibility index (Phi) is 4.61. The van der Waals surface area contributed by atoms with Crippen LogP contribution in [0.1, 0.15) is 24.8 Å². The number of hydrogen-bond donors (Lipinski definition) is 1. The van der Waals surface area contributed by atoms with E-state index < -0.39 is 26.6 Å². The van der Waals surface area contributed by atoms with E-state index in [1.54, 1.807) is 0 Å². The summed E-state index contributed by atoms with van der Waals surface area (Å²) in [5, 5.41) is 8.67. The molecule has 7 heteroatoms. The van der Waals surface area contributed by atoms with Crippen molar-refractivity contribution < 1.29 is 22.3 Å². The van der Waals surface area contributed by atoms with Crippen LogP contribution in [-0.4, -0.2) is 37.5 Å². The van der Waals surface area contributed by atoms with Crippen LogP contribution in [-0.2, 0) is 10.0 Å². The summed E-state index contributed by atoms with van der Waals surface area (Å²) in [4.78, 5) is -0.608. The second-order valence-corrected chi connectivity index (χ2v) is 6.73. The highest BCUT2D eigenvalue weighted by molar-refractivity contribution is 7.89. The molecule has 0 amide bonds. The number of rotatable bonds is 4. The van der Waals surface area contributed by atoms with Gasteiger partial charge in [-0.3, -0.25) is 0 Å². The van der Waals surface area contributed by atoms with Crippen molar-refractivity contribution in [1.82, 2.24) is 4.31 Å². The van der Waals surface area contributed by atoms with Gasteiger partial charge in [0.2, 0.25) is 10.0 Å². The molecule has 1 aliphatic rings. The maximum Gasteiger partial charge on any atom is 0.247 e. The average molecular weight is 315 g/mol. The van der Waals surface area contributed by atoms with E-state index >= 15 is 0 Å². The van der Waals surface area contributed by atoms with E-state index in [4.69, 9.17) is 5.11 Å². The third-order valence-electron chi connectivity index (χ3n) is 3.17. The van der Waals surface area contributed by atoms with Crippen molar-refractivity contribution in [3.05, 3.63) is 29.3 Å². The van der Waals surface area contributed by atoms with E-state index in [0.29, 0.717) is 6.07 Å². The average Bonchev–Trinajstić information content (AvgIpc) is 3.21. The monoisotopic (exact) mass is 315 g/mol. The van der Waals surface area contributed by atoms with Gasteiger partial charge in [-0.25, -0.2) is 17.2 Å². The van der Waals surface area contributed by atoms with Crippen LogP contribution in [0.2, 0.25) is 0 Å². The van der Waals surface area contributed by atoms with Gasteiger partial charge in [-0.15, -0.1) is 0 Å². The highest BCUT2D eigenvalue weighted by Gasteiger charge is 2.37. The summed E-state index contributed by atoms with van der Waals surface area (Å²) in [6.45, 7) is -0.213. The lowest BCUT2D eigenvalue weighted by Crippen LogP contribution is -2.30. The summed E-state index contributed by atoms with van der Waals surface area (Å²) in [5.41, 5.74) is -0.228. The molecule has 0 spiro atoms. The Morgan fingerprint density at radius 1 is 1.38 bits per heavy atom. The van der Waals surface area contributed by atoms with Crippen LogP contribution < -0.4 is 0 Å². The number of nitrogens with zero attached hydrogens (tertiary/aromatic N) is 1. The summed E-state index contributed by atoms with van der Waals surface area (Å²) in [6.07, 6.45) is 1.55. The lowest BCUT2D eigenvalue weighted by Gasteiger charge is -2.18. The van der Waals surface area contributed by atoms with Gasteiger partial charge in [0.15, 0.2) is 0 Å². The molecule has 0 bridgehead atoms. The van der Waals surface area contributed by atoms with Gasteiger partial charge in [0.25, 0.3) is 0 Å². The van der Waals surface area contributed by atoms with Crippen molar-refractivity contribution in [2.24, 2.45) is 0 Å². The van der Waals surface area contributed by atoms with E-state index in [0.717, 1.165) is 23.2 Å². The molecule has 2 rings (SSSR count). The molecule has 0 saturated heterocycles. The van der Waals surface area contributed by atoms with Crippen LogP contribution in [0.4, 0.5) is 8.78 Å². The lowest BCUT2D eigenvalue weighted by molar-refractivity contribution is 0.305. The molecule has 0 atom stereocenters. The van der Waals surface area contributed by atoms with Crippen LogP contribution in [0.25, 0.3) is 0 Å². The minimum Gasteiger partial charge on any atom is -0.395 e. The Balaban J connectivity index is 2.54. The normalized spacial score (nSPS) is 14.9. The van der Waals surface area contributed by atoms with Crippen molar-refractivity contribution in [2.45, 2.75) is 30.2 Å². The number of hydrogen-bond acceptors (Lipinski definition) is 3. The third-order valence-corrected chi connectivity index (χ3v) is 5.15. The van der Waals surface area contributed by atoms with Crippen LogP contribution in [0.5, 0.6) is 0 Å². The zero-order chi connectivity index (χ0) is 15.6. The molecule has 1 fully saturated rings. The smallest absolute Gasteiger partial charge is 0.247 e. The van der Waals surface area contributed by atoms with Gasteiger partial charge in [-0.1, -0.05) is 11.8 Å². The molecule has 0 unspecified atom stereocenters. The van der Waals surface area contributed by atoms with Crippen LogP contribution in [0, 0.1) is 23.5 Å². The van der Waals surface area contributed by atoms with E-state index in [9.17, 15) is 17.2 Å². The fourth-order valence-corrected chi connectivity index (χ4v) is 3.49.